The van der Waals surface area contributed by atoms with E-state index >= 15 is 0 Å². The van der Waals surface area contributed by atoms with E-state index in [9.17, 15) is 4.79 Å². The Morgan fingerprint density at radius 3 is 2.61 bits per heavy atom. The van der Waals surface area contributed by atoms with E-state index in [1.807, 2.05) is 37.3 Å². The molecule has 1 amide bonds. The summed E-state index contributed by atoms with van der Waals surface area (Å²) in [4.78, 5) is 16.0. The summed E-state index contributed by atoms with van der Waals surface area (Å²) in [6.45, 7) is 1.90. The molecule has 3 N–H and O–H groups in total. The average Bonchev–Trinajstić information content (AvgIpc) is 3.31. The molecule has 23 heavy (non-hydrogen) atoms. The van der Waals surface area contributed by atoms with Crippen LogP contribution in [0.4, 0.5) is 5.82 Å². The first-order valence-electron chi connectivity index (χ1n) is 7.37. The number of aromatic nitrogens is 1. The van der Waals surface area contributed by atoms with Crippen LogP contribution in [-0.2, 0) is 4.79 Å². The van der Waals surface area contributed by atoms with Crippen LogP contribution in [0.25, 0.3) is 11.1 Å². The minimum absolute atomic E-state index is 0. The highest BCUT2D eigenvalue weighted by Gasteiger charge is 2.29. The summed E-state index contributed by atoms with van der Waals surface area (Å²) in [5.41, 5.74) is 8.72. The fraction of sp³-hybridized carbons (Fsp3) is 0.294. The molecule has 0 spiro atoms. The van der Waals surface area contributed by atoms with E-state index in [2.05, 4.69) is 10.3 Å². The molecular formula is C17H19Cl2N3O. The van der Waals surface area contributed by atoms with Crippen LogP contribution in [0.3, 0.4) is 0 Å². The van der Waals surface area contributed by atoms with E-state index in [0.29, 0.717) is 10.8 Å². The molecule has 0 saturated heterocycles. The molecule has 1 aliphatic rings. The molecule has 1 fully saturated rings. The summed E-state index contributed by atoms with van der Waals surface area (Å²) in [6.07, 6.45) is 3.63. The first-order valence-corrected chi connectivity index (χ1v) is 7.74. The van der Waals surface area contributed by atoms with Crippen LogP contribution < -0.4 is 11.1 Å². The smallest absolute Gasteiger partial charge is 0.228 e. The Labute approximate surface area is 146 Å². The number of carbonyl (C=O) groups excluding carboxylic acids is 1. The highest BCUT2D eigenvalue weighted by Crippen LogP contribution is 2.31. The monoisotopic (exact) mass is 351 g/mol. The van der Waals surface area contributed by atoms with Gasteiger partial charge in [0.1, 0.15) is 5.82 Å². The molecule has 4 nitrogen and oxygen atoms in total. The third kappa shape index (κ3) is 4.22. The lowest BCUT2D eigenvalue weighted by Crippen LogP contribution is -2.14. The van der Waals surface area contributed by atoms with E-state index in [0.717, 1.165) is 29.5 Å². The zero-order chi connectivity index (χ0) is 15.7. The second kappa shape index (κ2) is 7.30. The van der Waals surface area contributed by atoms with E-state index in [-0.39, 0.29) is 30.3 Å². The van der Waals surface area contributed by atoms with Gasteiger partial charge in [0.15, 0.2) is 0 Å². The number of halogens is 2. The molecule has 1 saturated carbocycles. The van der Waals surface area contributed by atoms with Gasteiger partial charge in [-0.2, -0.15) is 0 Å². The number of hydrogen-bond acceptors (Lipinski definition) is 3. The van der Waals surface area contributed by atoms with Crippen molar-refractivity contribution in [2.75, 3.05) is 5.32 Å². The standard InChI is InChI=1S/C17H18ClN3O.ClH/c1-10(19)14-5-4-12(8-15(14)18)13-6-7-20-16(9-13)21-17(22)11-2-3-11;/h4-11H,2-3,19H2,1H3,(H,20,21,22);1H/t10-;/m1./s1. The zero-order valence-corrected chi connectivity index (χ0v) is 14.3. The van der Waals surface area contributed by atoms with Crippen molar-refractivity contribution in [3.63, 3.8) is 0 Å². The van der Waals surface area contributed by atoms with Crippen molar-refractivity contribution in [3.05, 3.63) is 47.1 Å². The molecule has 1 aromatic carbocycles. The molecule has 0 bridgehead atoms. The number of nitrogens with zero attached hydrogens (tertiary/aromatic N) is 1. The Morgan fingerprint density at radius 2 is 2.00 bits per heavy atom. The van der Waals surface area contributed by atoms with Gasteiger partial charge in [-0.05, 0) is 54.7 Å². The Bertz CT molecular complexity index is 715. The summed E-state index contributed by atoms with van der Waals surface area (Å²) in [5, 5.41) is 3.50. The van der Waals surface area contributed by atoms with Gasteiger partial charge in [0, 0.05) is 23.2 Å². The van der Waals surface area contributed by atoms with Crippen molar-refractivity contribution in [2.45, 2.75) is 25.8 Å². The van der Waals surface area contributed by atoms with Gasteiger partial charge in [0.05, 0.1) is 0 Å². The second-order valence-corrected chi connectivity index (χ2v) is 6.13. The molecule has 1 heterocycles. The highest BCUT2D eigenvalue weighted by atomic mass is 35.5. The lowest BCUT2D eigenvalue weighted by atomic mass is 10.0. The van der Waals surface area contributed by atoms with Crippen molar-refractivity contribution in [1.29, 1.82) is 0 Å². The third-order valence-corrected chi connectivity index (χ3v) is 4.11. The molecule has 1 aromatic heterocycles. The van der Waals surface area contributed by atoms with Gasteiger partial charge in [-0.15, -0.1) is 12.4 Å². The van der Waals surface area contributed by atoms with Crippen LogP contribution >= 0.6 is 24.0 Å². The Hall–Kier alpha value is -1.62. The van der Waals surface area contributed by atoms with Crippen LogP contribution in [0.2, 0.25) is 5.02 Å². The number of rotatable bonds is 4. The molecule has 0 unspecified atom stereocenters. The van der Waals surface area contributed by atoms with Crippen molar-refractivity contribution >= 4 is 35.7 Å². The molecule has 0 radical (unpaired) electrons. The van der Waals surface area contributed by atoms with Crippen molar-refractivity contribution < 1.29 is 4.79 Å². The zero-order valence-electron chi connectivity index (χ0n) is 12.8. The first-order chi connectivity index (χ1) is 10.5. The summed E-state index contributed by atoms with van der Waals surface area (Å²) in [5.74, 6) is 0.780. The Morgan fingerprint density at radius 1 is 1.30 bits per heavy atom. The molecule has 122 valence electrons. The summed E-state index contributed by atoms with van der Waals surface area (Å²) in [7, 11) is 0. The van der Waals surface area contributed by atoms with E-state index in [1.54, 1.807) is 6.20 Å². The molecule has 1 atom stereocenters. The Balaban J connectivity index is 0.00000192. The third-order valence-electron chi connectivity index (χ3n) is 3.78. The average molecular weight is 352 g/mol. The lowest BCUT2D eigenvalue weighted by Gasteiger charge is -2.11. The maximum absolute atomic E-state index is 11.8. The molecule has 2 aromatic rings. The van der Waals surface area contributed by atoms with Crippen molar-refractivity contribution in [3.8, 4) is 11.1 Å². The van der Waals surface area contributed by atoms with E-state index in [4.69, 9.17) is 17.3 Å². The van der Waals surface area contributed by atoms with Gasteiger partial charge in [-0.1, -0.05) is 23.7 Å². The quantitative estimate of drug-likeness (QED) is 0.867. The predicted octanol–water partition coefficient (Wildman–Crippen LogP) is 4.19. The Kier molecular flexibility index (Phi) is 5.63. The van der Waals surface area contributed by atoms with Crippen LogP contribution in [0.5, 0.6) is 0 Å². The van der Waals surface area contributed by atoms with Crippen LogP contribution in [0, 0.1) is 5.92 Å². The number of carbonyl (C=O) groups is 1. The van der Waals surface area contributed by atoms with Gasteiger partial charge in [0.2, 0.25) is 5.91 Å². The molecular weight excluding hydrogens is 333 g/mol. The number of amides is 1. The minimum atomic E-state index is -0.104. The van der Waals surface area contributed by atoms with E-state index in [1.165, 1.54) is 0 Å². The topological polar surface area (TPSA) is 68.0 Å². The first kappa shape index (κ1) is 17.7. The SMILES string of the molecule is C[C@@H](N)c1ccc(-c2ccnc(NC(=O)C3CC3)c2)cc1Cl.Cl. The van der Waals surface area contributed by atoms with E-state index < -0.39 is 0 Å². The van der Waals surface area contributed by atoms with Crippen LogP contribution in [-0.4, -0.2) is 10.9 Å². The molecule has 3 rings (SSSR count). The molecule has 6 heteroatoms. The predicted molar refractivity (Wildman–Crippen MR) is 95.9 cm³/mol. The highest BCUT2D eigenvalue weighted by molar-refractivity contribution is 6.31. The summed E-state index contributed by atoms with van der Waals surface area (Å²) >= 11 is 6.28. The van der Waals surface area contributed by atoms with Gasteiger partial charge >= 0.3 is 0 Å². The van der Waals surface area contributed by atoms with Crippen molar-refractivity contribution in [2.24, 2.45) is 11.7 Å². The largest absolute Gasteiger partial charge is 0.324 e. The number of hydrogen-bond donors (Lipinski definition) is 2. The minimum Gasteiger partial charge on any atom is -0.324 e. The summed E-state index contributed by atoms with van der Waals surface area (Å²) < 4.78 is 0. The van der Waals surface area contributed by atoms with Gasteiger partial charge in [0.25, 0.3) is 0 Å². The number of pyridine rings is 1. The number of nitrogens with two attached hydrogens (primary N) is 1. The van der Waals surface area contributed by atoms with Gasteiger partial charge < -0.3 is 11.1 Å². The van der Waals surface area contributed by atoms with Crippen LogP contribution in [0.15, 0.2) is 36.5 Å². The van der Waals surface area contributed by atoms with Crippen LogP contribution in [0.1, 0.15) is 31.4 Å². The summed E-state index contributed by atoms with van der Waals surface area (Å²) in [6, 6.07) is 9.45. The number of anilines is 1. The fourth-order valence-corrected chi connectivity index (χ4v) is 2.68. The molecule has 0 aliphatic heterocycles. The maximum Gasteiger partial charge on any atom is 0.228 e. The number of nitrogens with one attached hydrogen (secondary N) is 1. The molecule has 1 aliphatic carbocycles. The maximum atomic E-state index is 11.8. The number of benzene rings is 1. The normalized spacial score (nSPS) is 14.7. The second-order valence-electron chi connectivity index (χ2n) is 5.72. The van der Waals surface area contributed by atoms with Gasteiger partial charge in [-0.3, -0.25) is 4.79 Å². The van der Waals surface area contributed by atoms with Crippen molar-refractivity contribution in [1.82, 2.24) is 4.98 Å². The lowest BCUT2D eigenvalue weighted by molar-refractivity contribution is -0.117. The fourth-order valence-electron chi connectivity index (χ4n) is 2.33. The van der Waals surface area contributed by atoms with Gasteiger partial charge in [-0.25, -0.2) is 4.98 Å².